The van der Waals surface area contributed by atoms with Crippen molar-refractivity contribution in [1.82, 2.24) is 0 Å². The summed E-state index contributed by atoms with van der Waals surface area (Å²) in [4.78, 5) is 0. The highest BCUT2D eigenvalue weighted by atomic mass is 16.3. The van der Waals surface area contributed by atoms with Crippen LogP contribution in [0.3, 0.4) is 0 Å². The highest BCUT2D eigenvalue weighted by Crippen LogP contribution is 2.49. The van der Waals surface area contributed by atoms with E-state index in [1.165, 1.54) is 11.1 Å². The molecule has 0 amide bonds. The summed E-state index contributed by atoms with van der Waals surface area (Å²) >= 11 is 0. The third kappa shape index (κ3) is 1.60. The molecule has 1 nitrogen and oxygen atoms in total. The summed E-state index contributed by atoms with van der Waals surface area (Å²) in [5.74, 6) is 0. The fourth-order valence-corrected chi connectivity index (χ4v) is 2.63. The predicted octanol–water partition coefficient (Wildman–Crippen LogP) is 3.35. The van der Waals surface area contributed by atoms with Crippen molar-refractivity contribution < 1.29 is 5.11 Å². The quantitative estimate of drug-likeness (QED) is 0.714. The molecule has 2 rings (SSSR count). The number of hydrogen-bond donors (Lipinski definition) is 1. The van der Waals surface area contributed by atoms with Crippen molar-refractivity contribution in [2.45, 2.75) is 44.6 Å². The Hall–Kier alpha value is -1.08. The van der Waals surface area contributed by atoms with Gasteiger partial charge in [0.25, 0.3) is 0 Å². The number of benzene rings is 1. The van der Waals surface area contributed by atoms with Crippen LogP contribution in [0.25, 0.3) is 0 Å². The molecule has 1 saturated carbocycles. The van der Waals surface area contributed by atoms with Gasteiger partial charge in [-0.25, -0.2) is 0 Å². The minimum Gasteiger partial charge on any atom is -0.386 e. The molecule has 1 aromatic rings. The smallest absolute Gasteiger partial charge is 0.0835 e. The van der Waals surface area contributed by atoms with E-state index in [9.17, 15) is 5.11 Å². The maximum atomic E-state index is 10.2. The van der Waals surface area contributed by atoms with Gasteiger partial charge in [0.2, 0.25) is 0 Å². The molecule has 0 bridgehead atoms. The lowest BCUT2D eigenvalue weighted by Crippen LogP contribution is -2.28. The number of hydrogen-bond acceptors (Lipinski definition) is 1. The lowest BCUT2D eigenvalue weighted by Gasteiger charge is -2.30. The third-order valence-electron chi connectivity index (χ3n) is 4.12. The van der Waals surface area contributed by atoms with Crippen LogP contribution in [0, 0.1) is 6.92 Å². The molecule has 1 aromatic carbocycles. The largest absolute Gasteiger partial charge is 0.386 e. The van der Waals surface area contributed by atoms with Crippen LogP contribution in [-0.4, -0.2) is 10.7 Å². The van der Waals surface area contributed by atoms with Crippen LogP contribution in [0.5, 0.6) is 0 Å². The normalized spacial score (nSPS) is 34.4. The second kappa shape index (κ2) is 3.46. The maximum absolute atomic E-state index is 10.2. The number of aliphatic hydroxyl groups is 1. The molecule has 1 fully saturated rings. The molecule has 16 heavy (non-hydrogen) atoms. The van der Waals surface area contributed by atoms with Crippen LogP contribution >= 0.6 is 0 Å². The van der Waals surface area contributed by atoms with Gasteiger partial charge in [0.05, 0.1) is 5.60 Å². The van der Waals surface area contributed by atoms with Gasteiger partial charge in [-0.2, -0.15) is 0 Å². The topological polar surface area (TPSA) is 20.2 Å². The van der Waals surface area contributed by atoms with Gasteiger partial charge in [0.1, 0.15) is 0 Å². The summed E-state index contributed by atoms with van der Waals surface area (Å²) < 4.78 is 0. The molecule has 1 aliphatic rings. The first-order valence-electron chi connectivity index (χ1n) is 5.86. The van der Waals surface area contributed by atoms with Crippen molar-refractivity contribution in [2.24, 2.45) is 0 Å². The zero-order chi connectivity index (χ0) is 12.0. The average molecular weight is 216 g/mol. The monoisotopic (exact) mass is 216 g/mol. The maximum Gasteiger partial charge on any atom is 0.0835 e. The van der Waals surface area contributed by atoms with E-state index in [4.69, 9.17) is 0 Å². The Kier molecular flexibility index (Phi) is 2.47. The fraction of sp³-hybridized carbons (Fsp3) is 0.467. The summed E-state index contributed by atoms with van der Waals surface area (Å²) in [5.41, 5.74) is 2.70. The van der Waals surface area contributed by atoms with Gasteiger partial charge in [-0.3, -0.25) is 0 Å². The van der Waals surface area contributed by atoms with Crippen molar-refractivity contribution in [3.8, 4) is 0 Å². The van der Waals surface area contributed by atoms with Gasteiger partial charge in [-0.05, 0) is 37.8 Å². The first kappa shape index (κ1) is 11.4. The van der Waals surface area contributed by atoms with Crippen molar-refractivity contribution in [3.63, 3.8) is 0 Å². The molecular weight excluding hydrogens is 196 g/mol. The minimum absolute atomic E-state index is 0.0722. The van der Waals surface area contributed by atoms with E-state index < -0.39 is 5.60 Å². The Labute approximate surface area is 97.8 Å². The van der Waals surface area contributed by atoms with Crippen LogP contribution in [0.1, 0.15) is 37.8 Å². The molecular formula is C15H20O. The van der Waals surface area contributed by atoms with Crippen molar-refractivity contribution in [2.75, 3.05) is 0 Å². The molecule has 0 aromatic heterocycles. The Balaban J connectivity index is 2.41. The first-order valence-corrected chi connectivity index (χ1v) is 5.86. The molecule has 0 heterocycles. The second-order valence-corrected chi connectivity index (χ2v) is 5.45. The lowest BCUT2D eigenvalue weighted by atomic mass is 9.76. The summed E-state index contributed by atoms with van der Waals surface area (Å²) in [6, 6.07) is 8.56. The van der Waals surface area contributed by atoms with Crippen molar-refractivity contribution >= 4 is 0 Å². The molecule has 0 spiro atoms. The van der Waals surface area contributed by atoms with Crippen LogP contribution < -0.4 is 0 Å². The standard InChI is InChI=1S/C15H20O/c1-11-5-7-13(8-6-11)14(3)9-10-15(4,16)12(14)2/h5-8,16H,2,9-10H2,1,3-4H3/t14-,15-/m1/s1. The van der Waals surface area contributed by atoms with Gasteiger partial charge in [-0.1, -0.05) is 43.3 Å². The van der Waals surface area contributed by atoms with E-state index in [1.54, 1.807) is 0 Å². The third-order valence-corrected chi connectivity index (χ3v) is 4.12. The van der Waals surface area contributed by atoms with Gasteiger partial charge in [0.15, 0.2) is 0 Å². The second-order valence-electron chi connectivity index (χ2n) is 5.45. The van der Waals surface area contributed by atoms with E-state index in [2.05, 4.69) is 44.7 Å². The molecule has 0 saturated heterocycles. The highest BCUT2D eigenvalue weighted by molar-refractivity contribution is 5.42. The molecule has 1 aliphatic carbocycles. The highest BCUT2D eigenvalue weighted by Gasteiger charge is 2.46. The fourth-order valence-electron chi connectivity index (χ4n) is 2.63. The molecule has 0 radical (unpaired) electrons. The van der Waals surface area contributed by atoms with E-state index in [-0.39, 0.29) is 5.41 Å². The number of aryl methyl sites for hydroxylation is 1. The lowest BCUT2D eigenvalue weighted by molar-refractivity contribution is 0.105. The van der Waals surface area contributed by atoms with Gasteiger partial charge in [0, 0.05) is 5.41 Å². The van der Waals surface area contributed by atoms with Gasteiger partial charge in [-0.15, -0.1) is 0 Å². The molecule has 0 aliphatic heterocycles. The Morgan fingerprint density at radius 1 is 1.12 bits per heavy atom. The van der Waals surface area contributed by atoms with Gasteiger partial charge >= 0.3 is 0 Å². The molecule has 1 N–H and O–H groups in total. The molecule has 2 atom stereocenters. The van der Waals surface area contributed by atoms with E-state index in [0.717, 1.165) is 18.4 Å². The summed E-state index contributed by atoms with van der Waals surface area (Å²) in [6.07, 6.45) is 1.78. The average Bonchev–Trinajstić information content (AvgIpc) is 2.45. The van der Waals surface area contributed by atoms with E-state index >= 15 is 0 Å². The zero-order valence-corrected chi connectivity index (χ0v) is 10.4. The molecule has 1 heteroatoms. The van der Waals surface area contributed by atoms with Crippen molar-refractivity contribution in [1.29, 1.82) is 0 Å². The summed E-state index contributed by atoms with van der Waals surface area (Å²) in [6.45, 7) is 10.2. The van der Waals surface area contributed by atoms with Gasteiger partial charge < -0.3 is 5.11 Å². The van der Waals surface area contributed by atoms with Crippen LogP contribution in [0.2, 0.25) is 0 Å². The Bertz CT molecular complexity index is 414. The molecule has 86 valence electrons. The number of rotatable bonds is 1. The van der Waals surface area contributed by atoms with E-state index in [1.807, 2.05) is 6.92 Å². The van der Waals surface area contributed by atoms with Crippen LogP contribution in [0.4, 0.5) is 0 Å². The zero-order valence-electron chi connectivity index (χ0n) is 10.4. The SMILES string of the molecule is C=C1[C@](C)(O)CC[C@@]1(C)c1ccc(C)cc1. The summed E-state index contributed by atoms with van der Waals surface area (Å²) in [5, 5.41) is 10.2. The summed E-state index contributed by atoms with van der Waals surface area (Å²) in [7, 11) is 0. The van der Waals surface area contributed by atoms with Crippen molar-refractivity contribution in [3.05, 3.63) is 47.5 Å². The van der Waals surface area contributed by atoms with Crippen LogP contribution in [-0.2, 0) is 5.41 Å². The minimum atomic E-state index is -0.709. The Morgan fingerprint density at radius 3 is 2.12 bits per heavy atom. The van der Waals surface area contributed by atoms with E-state index in [0.29, 0.717) is 0 Å². The Morgan fingerprint density at radius 2 is 1.69 bits per heavy atom. The first-order chi connectivity index (χ1) is 7.36. The predicted molar refractivity (Wildman–Crippen MR) is 67.5 cm³/mol. The molecule has 0 unspecified atom stereocenters. The van der Waals surface area contributed by atoms with Crippen LogP contribution in [0.15, 0.2) is 36.4 Å².